The maximum Gasteiger partial charge on any atom is 0.272 e. The Morgan fingerprint density at radius 3 is 2.39 bits per heavy atom. The third kappa shape index (κ3) is 3.92. The Labute approximate surface area is 171 Å². The van der Waals surface area contributed by atoms with Crippen molar-refractivity contribution in [2.45, 2.75) is 25.3 Å². The fourth-order valence-electron chi connectivity index (χ4n) is 3.42. The summed E-state index contributed by atoms with van der Waals surface area (Å²) in [5, 5.41) is 7.43. The van der Waals surface area contributed by atoms with Crippen LogP contribution in [0.2, 0.25) is 0 Å². The largest absolute Gasteiger partial charge is 0.344 e. The summed E-state index contributed by atoms with van der Waals surface area (Å²) >= 11 is 3.46. The van der Waals surface area contributed by atoms with Gasteiger partial charge in [-0.2, -0.15) is 9.78 Å². The van der Waals surface area contributed by atoms with Crippen LogP contribution in [0.25, 0.3) is 5.69 Å². The normalized spacial score (nSPS) is 14.9. The minimum atomic E-state index is -0.274. The van der Waals surface area contributed by atoms with E-state index in [0.29, 0.717) is 11.6 Å². The third-order valence-electron chi connectivity index (χ3n) is 5.17. The highest BCUT2D eigenvalue weighted by Crippen LogP contribution is 2.38. The van der Waals surface area contributed by atoms with Crippen molar-refractivity contribution in [3.63, 3.8) is 0 Å². The standard InChI is InChI=1S/C22H20BrN3O2/c23-17-11-9-16(10-12-17)21(15-5-4-6-15)24-22(28)19-13-14-20(27)26(25-19)18-7-2-1-3-8-18/h1-3,7-15,21H,4-6H2,(H,24,28). The van der Waals surface area contributed by atoms with Crippen LogP contribution < -0.4 is 10.9 Å². The number of hydrogen-bond acceptors (Lipinski definition) is 3. The summed E-state index contributed by atoms with van der Waals surface area (Å²) in [4.78, 5) is 25.1. The Kier molecular flexibility index (Phi) is 5.39. The van der Waals surface area contributed by atoms with Gasteiger partial charge in [-0.05, 0) is 54.7 Å². The first-order valence-corrected chi connectivity index (χ1v) is 10.1. The molecule has 1 aliphatic rings. The lowest BCUT2D eigenvalue weighted by Crippen LogP contribution is -2.37. The van der Waals surface area contributed by atoms with Crippen LogP contribution in [-0.4, -0.2) is 15.7 Å². The molecule has 1 saturated carbocycles. The van der Waals surface area contributed by atoms with Gasteiger partial charge < -0.3 is 5.32 Å². The summed E-state index contributed by atoms with van der Waals surface area (Å²) in [7, 11) is 0. The molecular formula is C22H20BrN3O2. The van der Waals surface area contributed by atoms with Crippen LogP contribution in [0.3, 0.4) is 0 Å². The first kappa shape index (κ1) is 18.6. The van der Waals surface area contributed by atoms with E-state index in [0.717, 1.165) is 22.9 Å². The molecule has 1 amide bonds. The smallest absolute Gasteiger partial charge is 0.272 e. The van der Waals surface area contributed by atoms with Gasteiger partial charge in [-0.3, -0.25) is 9.59 Å². The summed E-state index contributed by atoms with van der Waals surface area (Å²) in [6.45, 7) is 0. The summed E-state index contributed by atoms with van der Waals surface area (Å²) in [5.74, 6) is 0.148. The van der Waals surface area contributed by atoms with Crippen molar-refractivity contribution in [2.24, 2.45) is 5.92 Å². The van der Waals surface area contributed by atoms with E-state index >= 15 is 0 Å². The van der Waals surface area contributed by atoms with E-state index in [4.69, 9.17) is 0 Å². The van der Waals surface area contributed by atoms with Crippen LogP contribution in [0.5, 0.6) is 0 Å². The molecule has 2 aromatic carbocycles. The number of carbonyl (C=O) groups is 1. The highest BCUT2D eigenvalue weighted by molar-refractivity contribution is 9.10. The summed E-state index contributed by atoms with van der Waals surface area (Å²) in [6.07, 6.45) is 3.38. The van der Waals surface area contributed by atoms with Crippen LogP contribution in [-0.2, 0) is 0 Å². The predicted octanol–water partition coefficient (Wildman–Crippen LogP) is 4.27. The molecule has 0 radical (unpaired) electrons. The van der Waals surface area contributed by atoms with Gasteiger partial charge in [0.25, 0.3) is 11.5 Å². The zero-order valence-corrected chi connectivity index (χ0v) is 16.8. The van der Waals surface area contributed by atoms with Crippen LogP contribution in [0.4, 0.5) is 0 Å². The van der Waals surface area contributed by atoms with Crippen LogP contribution >= 0.6 is 15.9 Å². The van der Waals surface area contributed by atoms with E-state index in [1.807, 2.05) is 42.5 Å². The van der Waals surface area contributed by atoms with Crippen LogP contribution in [0, 0.1) is 5.92 Å². The van der Waals surface area contributed by atoms with Crippen molar-refractivity contribution in [2.75, 3.05) is 0 Å². The van der Waals surface area contributed by atoms with Crippen molar-refractivity contribution in [1.29, 1.82) is 0 Å². The topological polar surface area (TPSA) is 64.0 Å². The molecule has 1 heterocycles. The van der Waals surface area contributed by atoms with Crippen molar-refractivity contribution in [3.05, 3.63) is 92.8 Å². The molecule has 28 heavy (non-hydrogen) atoms. The SMILES string of the molecule is O=C(NC(c1ccc(Br)cc1)C1CCC1)c1ccc(=O)n(-c2ccccc2)n1. The number of para-hydroxylation sites is 1. The molecule has 3 aromatic rings. The lowest BCUT2D eigenvalue weighted by atomic mass is 9.77. The molecule has 142 valence electrons. The van der Waals surface area contributed by atoms with Crippen molar-refractivity contribution < 1.29 is 4.79 Å². The Bertz CT molecular complexity index is 1030. The number of nitrogens with one attached hydrogen (secondary N) is 1. The second-order valence-corrected chi connectivity index (χ2v) is 7.91. The number of hydrogen-bond donors (Lipinski definition) is 1. The molecule has 0 aliphatic heterocycles. The number of benzene rings is 2. The average molecular weight is 438 g/mol. The molecule has 5 nitrogen and oxygen atoms in total. The maximum absolute atomic E-state index is 12.9. The minimum Gasteiger partial charge on any atom is -0.344 e. The molecule has 1 aromatic heterocycles. The summed E-state index contributed by atoms with van der Waals surface area (Å²) < 4.78 is 2.26. The van der Waals surface area contributed by atoms with Gasteiger partial charge in [0.2, 0.25) is 0 Å². The number of rotatable bonds is 5. The molecule has 1 N–H and O–H groups in total. The number of aromatic nitrogens is 2. The molecule has 0 bridgehead atoms. The van der Waals surface area contributed by atoms with E-state index in [1.54, 1.807) is 12.1 Å². The molecule has 1 aliphatic carbocycles. The maximum atomic E-state index is 12.9. The van der Waals surface area contributed by atoms with E-state index in [-0.39, 0.29) is 23.2 Å². The van der Waals surface area contributed by atoms with E-state index in [9.17, 15) is 9.59 Å². The Morgan fingerprint density at radius 1 is 1.04 bits per heavy atom. The molecular weight excluding hydrogens is 418 g/mol. The Hall–Kier alpha value is -2.73. The van der Waals surface area contributed by atoms with Gasteiger partial charge in [-0.25, -0.2) is 0 Å². The second kappa shape index (κ2) is 8.10. The highest BCUT2D eigenvalue weighted by Gasteiger charge is 2.30. The molecule has 1 fully saturated rings. The second-order valence-electron chi connectivity index (χ2n) is 7.00. The Morgan fingerprint density at radius 2 is 1.75 bits per heavy atom. The monoisotopic (exact) mass is 437 g/mol. The van der Waals surface area contributed by atoms with Crippen molar-refractivity contribution in [1.82, 2.24) is 15.1 Å². The van der Waals surface area contributed by atoms with E-state index in [1.165, 1.54) is 23.2 Å². The fraction of sp³-hybridized carbons (Fsp3) is 0.227. The van der Waals surface area contributed by atoms with Gasteiger partial charge in [0.05, 0.1) is 11.7 Å². The lowest BCUT2D eigenvalue weighted by Gasteiger charge is -2.34. The van der Waals surface area contributed by atoms with Gasteiger partial charge in [0.1, 0.15) is 5.69 Å². The van der Waals surface area contributed by atoms with E-state index < -0.39 is 0 Å². The van der Waals surface area contributed by atoms with Gasteiger partial charge in [-0.15, -0.1) is 0 Å². The average Bonchev–Trinajstić information content (AvgIpc) is 2.67. The molecule has 4 rings (SSSR count). The fourth-order valence-corrected chi connectivity index (χ4v) is 3.68. The van der Waals surface area contributed by atoms with Gasteiger partial charge in [0.15, 0.2) is 0 Å². The molecule has 0 saturated heterocycles. The van der Waals surface area contributed by atoms with Crippen molar-refractivity contribution in [3.8, 4) is 5.69 Å². The van der Waals surface area contributed by atoms with Gasteiger partial charge in [0, 0.05) is 10.5 Å². The molecule has 0 spiro atoms. The highest BCUT2D eigenvalue weighted by atomic mass is 79.9. The molecule has 6 heteroatoms. The first-order chi connectivity index (χ1) is 13.6. The summed E-state index contributed by atoms with van der Waals surface area (Å²) in [6, 6.07) is 19.9. The quantitative estimate of drug-likeness (QED) is 0.648. The van der Waals surface area contributed by atoms with Gasteiger partial charge in [-0.1, -0.05) is 52.7 Å². The van der Waals surface area contributed by atoms with Crippen molar-refractivity contribution >= 4 is 21.8 Å². The lowest BCUT2D eigenvalue weighted by molar-refractivity contribution is 0.0893. The number of carbonyl (C=O) groups excluding carboxylic acids is 1. The van der Waals surface area contributed by atoms with Gasteiger partial charge >= 0.3 is 0 Å². The third-order valence-corrected chi connectivity index (χ3v) is 5.70. The minimum absolute atomic E-state index is 0.0618. The predicted molar refractivity (Wildman–Crippen MR) is 112 cm³/mol. The summed E-state index contributed by atoms with van der Waals surface area (Å²) in [5.41, 5.74) is 1.67. The number of halogens is 1. The molecule has 1 unspecified atom stereocenters. The zero-order chi connectivity index (χ0) is 19.5. The van der Waals surface area contributed by atoms with E-state index in [2.05, 4.69) is 26.3 Å². The molecule has 1 atom stereocenters. The first-order valence-electron chi connectivity index (χ1n) is 9.34. The Balaban J connectivity index is 1.61. The zero-order valence-electron chi connectivity index (χ0n) is 15.2. The van der Waals surface area contributed by atoms with Crippen LogP contribution in [0.1, 0.15) is 41.4 Å². The van der Waals surface area contributed by atoms with Crippen LogP contribution in [0.15, 0.2) is 76.0 Å². The number of nitrogens with zero attached hydrogens (tertiary/aromatic N) is 2. The number of amides is 1.